The van der Waals surface area contributed by atoms with Gasteiger partial charge < -0.3 is 34.1 Å². The normalized spacial score (nSPS) is 18.9. The number of alkyl halides is 6. The van der Waals surface area contributed by atoms with E-state index in [1.165, 1.54) is 26.2 Å². The Bertz CT molecular complexity index is 1870. The maximum Gasteiger partial charge on any atom is 0.425 e. The Morgan fingerprint density at radius 3 is 2.39 bits per heavy atom. The van der Waals surface area contributed by atoms with Crippen LogP contribution in [0.2, 0.25) is 0 Å². The number of hydrogen-bond acceptors (Lipinski definition) is 10. The number of para-hydroxylation sites is 1. The van der Waals surface area contributed by atoms with Crippen LogP contribution in [0, 0.1) is 0 Å². The van der Waals surface area contributed by atoms with Crippen molar-refractivity contribution in [2.75, 3.05) is 47.1 Å². The molecule has 3 heterocycles. The van der Waals surface area contributed by atoms with Gasteiger partial charge in [-0.15, -0.1) is 11.3 Å². The first-order valence-corrected chi connectivity index (χ1v) is 21.0. The number of carbonyl (C=O) groups is 2. The van der Waals surface area contributed by atoms with E-state index in [1.807, 2.05) is 6.92 Å². The lowest BCUT2D eigenvalue weighted by atomic mass is 9.79. The minimum absolute atomic E-state index is 0.0124. The number of thiophene rings is 1. The van der Waals surface area contributed by atoms with Gasteiger partial charge in [0.15, 0.2) is 0 Å². The summed E-state index contributed by atoms with van der Waals surface area (Å²) in [5, 5.41) is 1.12. The quantitative estimate of drug-likeness (QED) is 0.0758. The SMILES string of the molecule is CCC[C@H]1N(C(=O)c2cnccc2C(F)(F)F)CCC[C@@]1(Oc1csc(C(F)(F)F)c1)C(=O)N(C)CCC(N)(CC)c1ccccc1OCCCP(=O)(OC)OC. The number of likely N-dealkylation sites (tertiary alicyclic amines) is 1. The van der Waals surface area contributed by atoms with E-state index in [0.29, 0.717) is 48.0 Å². The number of halogens is 6. The summed E-state index contributed by atoms with van der Waals surface area (Å²) in [5.74, 6) is -1.50. The van der Waals surface area contributed by atoms with Crippen molar-refractivity contribution in [2.24, 2.45) is 5.73 Å². The fourth-order valence-electron chi connectivity index (χ4n) is 7.10. The molecule has 1 aliphatic rings. The monoisotopic (exact) mass is 850 g/mol. The molecule has 1 aliphatic heterocycles. The molecule has 2 aromatic heterocycles. The molecule has 4 rings (SSSR count). The van der Waals surface area contributed by atoms with Crippen LogP contribution in [-0.2, 0) is 36.3 Å². The van der Waals surface area contributed by atoms with Crippen LogP contribution in [0.5, 0.6) is 11.5 Å². The molecule has 1 aromatic carbocycles. The summed E-state index contributed by atoms with van der Waals surface area (Å²) in [7, 11) is 0.840. The first-order chi connectivity index (χ1) is 26.8. The van der Waals surface area contributed by atoms with Gasteiger partial charge in [0.1, 0.15) is 16.4 Å². The van der Waals surface area contributed by atoms with Crippen molar-refractivity contribution in [1.82, 2.24) is 14.8 Å². The summed E-state index contributed by atoms with van der Waals surface area (Å²) in [5.41, 5.74) is 2.68. The number of benzene rings is 1. The number of rotatable bonds is 18. The minimum Gasteiger partial charge on any atom is -0.493 e. The molecule has 3 atom stereocenters. The van der Waals surface area contributed by atoms with Gasteiger partial charge >= 0.3 is 19.9 Å². The van der Waals surface area contributed by atoms with E-state index < -0.39 is 64.9 Å². The van der Waals surface area contributed by atoms with Crippen LogP contribution >= 0.6 is 18.9 Å². The molecule has 3 aromatic rings. The number of pyridine rings is 1. The highest BCUT2D eigenvalue weighted by molar-refractivity contribution is 7.53. The Labute approximate surface area is 332 Å². The molecule has 0 saturated carbocycles. The van der Waals surface area contributed by atoms with Crippen LogP contribution in [-0.4, -0.2) is 85.4 Å². The van der Waals surface area contributed by atoms with Crippen molar-refractivity contribution >= 4 is 30.7 Å². The molecular formula is C38H49F6N4O7PS. The second-order valence-electron chi connectivity index (χ2n) is 13.8. The highest BCUT2D eigenvalue weighted by atomic mass is 32.1. The maximum atomic E-state index is 14.9. The van der Waals surface area contributed by atoms with E-state index in [4.69, 9.17) is 24.3 Å². The number of aromatic nitrogens is 1. The van der Waals surface area contributed by atoms with Crippen molar-refractivity contribution < 1.29 is 59.0 Å². The predicted molar refractivity (Wildman–Crippen MR) is 202 cm³/mol. The molecule has 316 valence electrons. The van der Waals surface area contributed by atoms with Crippen LogP contribution in [0.1, 0.15) is 85.2 Å². The molecule has 1 saturated heterocycles. The Morgan fingerprint density at radius 1 is 1.07 bits per heavy atom. The van der Waals surface area contributed by atoms with Gasteiger partial charge in [-0.1, -0.05) is 38.5 Å². The van der Waals surface area contributed by atoms with E-state index in [0.717, 1.165) is 28.7 Å². The topological polar surface area (TPSA) is 134 Å². The lowest BCUT2D eigenvalue weighted by Gasteiger charge is -2.49. The molecule has 19 heteroatoms. The Morgan fingerprint density at radius 2 is 1.77 bits per heavy atom. The number of carbonyl (C=O) groups excluding carboxylic acids is 2. The zero-order valence-corrected chi connectivity index (χ0v) is 34.2. The van der Waals surface area contributed by atoms with E-state index in [-0.39, 0.29) is 57.3 Å². The molecule has 2 N–H and O–H groups in total. The largest absolute Gasteiger partial charge is 0.493 e. The van der Waals surface area contributed by atoms with Gasteiger partial charge in [-0.25, -0.2) is 0 Å². The summed E-state index contributed by atoms with van der Waals surface area (Å²) in [6.45, 7) is 3.76. The molecule has 1 fully saturated rings. The number of amides is 2. The van der Waals surface area contributed by atoms with Crippen molar-refractivity contribution in [3.05, 3.63) is 75.7 Å². The van der Waals surface area contributed by atoms with Crippen molar-refractivity contribution in [1.29, 1.82) is 0 Å². The molecule has 0 bridgehead atoms. The summed E-state index contributed by atoms with van der Waals surface area (Å²) < 4.78 is 118. The first kappa shape index (κ1) is 46.0. The molecular weight excluding hydrogens is 801 g/mol. The summed E-state index contributed by atoms with van der Waals surface area (Å²) in [6, 6.07) is 7.37. The average Bonchev–Trinajstić information content (AvgIpc) is 3.67. The molecule has 57 heavy (non-hydrogen) atoms. The third-order valence-electron chi connectivity index (χ3n) is 10.2. The summed E-state index contributed by atoms with van der Waals surface area (Å²) in [4.78, 5) is 34.3. The van der Waals surface area contributed by atoms with E-state index in [2.05, 4.69) is 4.98 Å². The number of nitrogens with two attached hydrogens (primary N) is 1. The fourth-order valence-corrected chi connectivity index (χ4v) is 8.80. The van der Waals surface area contributed by atoms with Crippen LogP contribution in [0.4, 0.5) is 26.3 Å². The Balaban J connectivity index is 1.68. The van der Waals surface area contributed by atoms with Gasteiger partial charge in [0.2, 0.25) is 5.60 Å². The van der Waals surface area contributed by atoms with Crippen molar-refractivity contribution in [2.45, 2.75) is 88.3 Å². The standard InChI is InChI=1S/C38H49F6N4O7PS/c1-6-12-31-36(55-26-23-32(57-25-26)38(42,43)44,16-10-19-48(31)33(49)27-24-46-18-15-28(27)37(39,40)41)34(50)47(3)20-17-35(45,7-2)29-13-8-9-14-30(29)54-21-11-22-56(51,52-4)53-5/h8-9,13-15,18,23-25,31H,6-7,10-12,16-17,19-22,45H2,1-5H3/t31-,35?,36+/m1/s1. The number of hydrogen-bond donors (Lipinski definition) is 1. The minimum atomic E-state index is -4.89. The van der Waals surface area contributed by atoms with Gasteiger partial charge in [-0.2, -0.15) is 26.3 Å². The van der Waals surface area contributed by atoms with E-state index in [9.17, 15) is 40.5 Å². The van der Waals surface area contributed by atoms with Crippen LogP contribution < -0.4 is 15.2 Å². The summed E-state index contributed by atoms with van der Waals surface area (Å²) >= 11 is 0.369. The fraction of sp³-hybridized carbons (Fsp3) is 0.553. The first-order valence-electron chi connectivity index (χ1n) is 18.4. The molecule has 11 nitrogen and oxygen atoms in total. The van der Waals surface area contributed by atoms with Crippen LogP contribution in [0.15, 0.2) is 54.2 Å². The average molecular weight is 851 g/mol. The highest BCUT2D eigenvalue weighted by Gasteiger charge is 2.55. The van der Waals surface area contributed by atoms with E-state index >= 15 is 0 Å². The number of ether oxygens (including phenoxy) is 2. The van der Waals surface area contributed by atoms with Gasteiger partial charge in [-0.3, -0.25) is 19.1 Å². The molecule has 0 aliphatic carbocycles. The lowest BCUT2D eigenvalue weighted by molar-refractivity contribution is -0.158. The van der Waals surface area contributed by atoms with E-state index in [1.54, 1.807) is 31.2 Å². The van der Waals surface area contributed by atoms with Crippen molar-refractivity contribution in [3.63, 3.8) is 0 Å². The van der Waals surface area contributed by atoms with Gasteiger partial charge in [0, 0.05) is 75.7 Å². The predicted octanol–water partition coefficient (Wildman–Crippen LogP) is 8.77. The summed E-state index contributed by atoms with van der Waals surface area (Å²) in [6.07, 6.45) is -6.35. The zero-order valence-electron chi connectivity index (χ0n) is 32.5. The maximum absolute atomic E-state index is 14.9. The van der Waals surface area contributed by atoms with Crippen molar-refractivity contribution in [3.8, 4) is 11.5 Å². The van der Waals surface area contributed by atoms with Crippen LogP contribution in [0.25, 0.3) is 0 Å². The van der Waals surface area contributed by atoms with Crippen LogP contribution in [0.3, 0.4) is 0 Å². The molecule has 0 radical (unpaired) electrons. The zero-order chi connectivity index (χ0) is 42.2. The molecule has 1 unspecified atom stereocenters. The number of nitrogens with zero attached hydrogens (tertiary/aromatic N) is 3. The third-order valence-corrected chi connectivity index (χ3v) is 13.2. The smallest absolute Gasteiger partial charge is 0.425 e. The lowest BCUT2D eigenvalue weighted by Crippen LogP contribution is -2.67. The second-order valence-corrected chi connectivity index (χ2v) is 17.2. The van der Waals surface area contributed by atoms with Gasteiger partial charge in [-0.05, 0) is 44.2 Å². The highest BCUT2D eigenvalue weighted by Crippen LogP contribution is 2.47. The molecule has 2 amide bonds. The Kier molecular flexibility index (Phi) is 15.3. The number of likely N-dealkylation sites (N-methyl/N-ethyl adjacent to an activating group) is 1. The third kappa shape index (κ3) is 10.7. The Hall–Kier alpha value is -3.70. The molecule has 0 spiro atoms. The number of piperidine rings is 1. The second kappa shape index (κ2) is 18.9. The van der Waals surface area contributed by atoms with Gasteiger partial charge in [0.05, 0.1) is 29.9 Å². The van der Waals surface area contributed by atoms with Gasteiger partial charge in [0.25, 0.3) is 11.8 Å².